The maximum Gasteiger partial charge on any atom is 0.414 e. The van der Waals surface area contributed by atoms with E-state index in [0.29, 0.717) is 31.9 Å². The molecule has 0 unspecified atom stereocenters. The predicted molar refractivity (Wildman–Crippen MR) is 78.2 cm³/mol. The van der Waals surface area contributed by atoms with Crippen LogP contribution in [0.1, 0.15) is 22.7 Å². The molecule has 0 spiro atoms. The highest BCUT2D eigenvalue weighted by Gasteiger charge is 2.21. The molecule has 2 rings (SSSR count). The first-order valence-electron chi connectivity index (χ1n) is 7.10. The van der Waals surface area contributed by atoms with E-state index in [-0.39, 0.29) is 11.9 Å². The van der Waals surface area contributed by atoms with Crippen LogP contribution in [0, 0.1) is 0 Å². The number of carbonyl (C=O) groups excluding carboxylic acids is 2. The van der Waals surface area contributed by atoms with E-state index in [1.165, 1.54) is 7.11 Å². The molecule has 120 valence electrons. The molecule has 0 aromatic carbocycles. The predicted octanol–water partition coefficient (Wildman–Crippen LogP) is 1.85. The first-order valence-corrected chi connectivity index (χ1v) is 7.10. The molecule has 2 heterocycles. The second-order valence-electron chi connectivity index (χ2n) is 4.92. The fraction of sp³-hybridized carbons (Fsp3) is 0.467. The number of rotatable bonds is 4. The minimum Gasteiger partial charge on any atom is -0.463 e. The van der Waals surface area contributed by atoms with Gasteiger partial charge in [-0.1, -0.05) is 6.58 Å². The van der Waals surface area contributed by atoms with Gasteiger partial charge >= 0.3 is 12.1 Å². The maximum atomic E-state index is 11.7. The minimum absolute atomic E-state index is 0.198. The number of carbonyl (C=O) groups is 2. The van der Waals surface area contributed by atoms with Crippen molar-refractivity contribution in [3.05, 3.63) is 36.5 Å². The summed E-state index contributed by atoms with van der Waals surface area (Å²) < 4.78 is 14.9. The largest absolute Gasteiger partial charge is 0.463 e. The van der Waals surface area contributed by atoms with Crippen LogP contribution in [0.4, 0.5) is 4.79 Å². The molecule has 1 fully saturated rings. The van der Waals surface area contributed by atoms with Crippen molar-refractivity contribution in [3.8, 4) is 0 Å². The molecule has 0 bridgehead atoms. The molecule has 0 atom stereocenters. The van der Waals surface area contributed by atoms with Gasteiger partial charge in [0.15, 0.2) is 0 Å². The molecule has 1 aliphatic rings. The summed E-state index contributed by atoms with van der Waals surface area (Å²) in [5, 5.41) is 0. The zero-order chi connectivity index (χ0) is 15.9. The summed E-state index contributed by atoms with van der Waals surface area (Å²) in [5.74, 6) is 0.409. The van der Waals surface area contributed by atoms with Gasteiger partial charge in [0, 0.05) is 26.2 Å². The van der Waals surface area contributed by atoms with E-state index in [9.17, 15) is 9.59 Å². The van der Waals surface area contributed by atoms with Crippen molar-refractivity contribution in [2.75, 3.05) is 33.3 Å². The highest BCUT2D eigenvalue weighted by atomic mass is 16.5. The van der Waals surface area contributed by atoms with Crippen LogP contribution in [0.5, 0.6) is 0 Å². The molecule has 0 radical (unpaired) electrons. The van der Waals surface area contributed by atoms with Crippen LogP contribution >= 0.6 is 0 Å². The number of furan rings is 1. The van der Waals surface area contributed by atoms with Crippen LogP contribution < -0.4 is 0 Å². The van der Waals surface area contributed by atoms with Gasteiger partial charge in [0.05, 0.1) is 19.9 Å². The van der Waals surface area contributed by atoms with Crippen LogP contribution in [0.15, 0.2) is 29.4 Å². The number of amides is 1. The van der Waals surface area contributed by atoms with Crippen molar-refractivity contribution < 1.29 is 23.5 Å². The van der Waals surface area contributed by atoms with Gasteiger partial charge in [-0.3, -0.25) is 4.90 Å². The molecule has 1 aromatic rings. The molecule has 1 aromatic heterocycles. The lowest BCUT2D eigenvalue weighted by Crippen LogP contribution is -2.34. The standard InChI is InChI=1S/C15H20N2O5/c1-3-21-15(19)17-8-4-7-16(9-10-17)11-12-5-6-13(22-12)14(18)20-2/h3,5-6H,1,4,7-11H2,2H3. The number of methoxy groups -OCH3 is 1. The van der Waals surface area contributed by atoms with E-state index < -0.39 is 5.97 Å². The normalized spacial score (nSPS) is 16.0. The van der Waals surface area contributed by atoms with E-state index in [1.54, 1.807) is 17.0 Å². The molecular weight excluding hydrogens is 288 g/mol. The Morgan fingerprint density at radius 1 is 1.32 bits per heavy atom. The Bertz CT molecular complexity index is 540. The first-order chi connectivity index (χ1) is 10.6. The average molecular weight is 308 g/mol. The lowest BCUT2D eigenvalue weighted by atomic mass is 10.3. The minimum atomic E-state index is -0.486. The smallest absolute Gasteiger partial charge is 0.414 e. The summed E-state index contributed by atoms with van der Waals surface area (Å²) in [6.07, 6.45) is 1.61. The molecule has 1 saturated heterocycles. The van der Waals surface area contributed by atoms with E-state index in [0.717, 1.165) is 19.2 Å². The summed E-state index contributed by atoms with van der Waals surface area (Å²) in [6.45, 7) is 6.74. The van der Waals surface area contributed by atoms with Crippen molar-refractivity contribution in [1.82, 2.24) is 9.80 Å². The topological polar surface area (TPSA) is 72.2 Å². The van der Waals surface area contributed by atoms with E-state index in [1.807, 2.05) is 0 Å². The van der Waals surface area contributed by atoms with Gasteiger partial charge < -0.3 is 18.8 Å². The Hall–Kier alpha value is -2.28. The van der Waals surface area contributed by atoms with Gasteiger partial charge in [0.25, 0.3) is 0 Å². The van der Waals surface area contributed by atoms with E-state index in [4.69, 9.17) is 9.15 Å². The molecule has 7 nitrogen and oxygen atoms in total. The van der Waals surface area contributed by atoms with Gasteiger partial charge in [-0.15, -0.1) is 0 Å². The van der Waals surface area contributed by atoms with Crippen molar-refractivity contribution in [1.29, 1.82) is 0 Å². The third kappa shape index (κ3) is 4.11. The molecule has 22 heavy (non-hydrogen) atoms. The summed E-state index contributed by atoms with van der Waals surface area (Å²) in [5.41, 5.74) is 0. The Morgan fingerprint density at radius 3 is 2.86 bits per heavy atom. The van der Waals surface area contributed by atoms with Crippen LogP contribution in [-0.2, 0) is 16.0 Å². The third-order valence-corrected chi connectivity index (χ3v) is 3.46. The summed E-state index contributed by atoms with van der Waals surface area (Å²) in [6, 6.07) is 3.37. The highest BCUT2D eigenvalue weighted by Crippen LogP contribution is 2.13. The Morgan fingerprint density at radius 2 is 2.14 bits per heavy atom. The second kappa shape index (κ2) is 7.65. The van der Waals surface area contributed by atoms with Crippen LogP contribution in [0.2, 0.25) is 0 Å². The number of hydrogen-bond acceptors (Lipinski definition) is 6. The Labute approximate surface area is 129 Å². The van der Waals surface area contributed by atoms with Crippen LogP contribution in [0.25, 0.3) is 0 Å². The van der Waals surface area contributed by atoms with Crippen LogP contribution in [0.3, 0.4) is 0 Å². The van der Waals surface area contributed by atoms with Crippen molar-refractivity contribution in [3.63, 3.8) is 0 Å². The van der Waals surface area contributed by atoms with Crippen molar-refractivity contribution in [2.45, 2.75) is 13.0 Å². The van der Waals surface area contributed by atoms with E-state index >= 15 is 0 Å². The SMILES string of the molecule is C=COC(=O)N1CCCN(Cc2ccc(C(=O)OC)o2)CC1. The van der Waals surface area contributed by atoms with Gasteiger partial charge in [0.1, 0.15) is 5.76 Å². The molecule has 0 N–H and O–H groups in total. The van der Waals surface area contributed by atoms with Gasteiger partial charge in [-0.25, -0.2) is 9.59 Å². The lowest BCUT2D eigenvalue weighted by Gasteiger charge is -2.20. The maximum absolute atomic E-state index is 11.7. The number of esters is 1. The summed E-state index contributed by atoms with van der Waals surface area (Å²) in [7, 11) is 1.32. The molecule has 1 amide bonds. The molecule has 0 saturated carbocycles. The molecule has 0 aliphatic carbocycles. The fourth-order valence-electron chi connectivity index (χ4n) is 2.35. The second-order valence-corrected chi connectivity index (χ2v) is 4.92. The monoisotopic (exact) mass is 308 g/mol. The van der Waals surface area contributed by atoms with E-state index in [2.05, 4.69) is 16.2 Å². The Balaban J connectivity index is 1.89. The third-order valence-electron chi connectivity index (χ3n) is 3.46. The van der Waals surface area contributed by atoms with Crippen molar-refractivity contribution in [2.24, 2.45) is 0 Å². The number of nitrogens with zero attached hydrogens (tertiary/aromatic N) is 2. The van der Waals surface area contributed by atoms with Gasteiger partial charge in [-0.2, -0.15) is 0 Å². The van der Waals surface area contributed by atoms with Crippen molar-refractivity contribution >= 4 is 12.1 Å². The van der Waals surface area contributed by atoms with Gasteiger partial charge in [-0.05, 0) is 18.6 Å². The number of ether oxygens (including phenoxy) is 2. The first kappa shape index (κ1) is 16.1. The molecule has 1 aliphatic heterocycles. The molecule has 7 heteroatoms. The molecular formula is C15H20N2O5. The fourth-order valence-corrected chi connectivity index (χ4v) is 2.35. The zero-order valence-electron chi connectivity index (χ0n) is 12.6. The van der Waals surface area contributed by atoms with Crippen LogP contribution in [-0.4, -0.2) is 55.2 Å². The quantitative estimate of drug-likeness (QED) is 0.624. The number of hydrogen-bond donors (Lipinski definition) is 0. The summed E-state index contributed by atoms with van der Waals surface area (Å²) >= 11 is 0. The Kier molecular flexibility index (Phi) is 5.60. The lowest BCUT2D eigenvalue weighted by molar-refractivity contribution is 0.0561. The summed E-state index contributed by atoms with van der Waals surface area (Å²) in [4.78, 5) is 26.9. The van der Waals surface area contributed by atoms with Gasteiger partial charge in [0.2, 0.25) is 5.76 Å². The average Bonchev–Trinajstić information content (AvgIpc) is 2.85. The zero-order valence-corrected chi connectivity index (χ0v) is 12.6. The highest BCUT2D eigenvalue weighted by molar-refractivity contribution is 5.86.